The molecule has 56 heavy (non-hydrogen) atoms. The van der Waals surface area contributed by atoms with Crippen molar-refractivity contribution in [1.82, 2.24) is 9.13 Å². The van der Waals surface area contributed by atoms with Gasteiger partial charge in [-0.05, 0) is 84.0 Å². The molecule has 0 N–H and O–H groups in total. The molecule has 4 aromatic heterocycles. The number of hydrogen-bond acceptors (Lipinski definition) is 2. The lowest BCUT2D eigenvalue weighted by atomic mass is 9.95. The molecule has 12 aromatic rings. The summed E-state index contributed by atoms with van der Waals surface area (Å²) in [6, 6.07) is 57.7. The molecule has 0 unspecified atom stereocenters. The maximum atomic E-state index is 6.54. The second-order valence-electron chi connectivity index (χ2n) is 15.1. The van der Waals surface area contributed by atoms with Crippen LogP contribution in [0.25, 0.3) is 113 Å². The fraction of sp³-hybridized carbons (Fsp3) is 0.0385. The maximum absolute atomic E-state index is 6.54. The lowest BCUT2D eigenvalue weighted by Gasteiger charge is -2.18. The summed E-state index contributed by atoms with van der Waals surface area (Å²) in [4.78, 5) is 0. The molecule has 13 rings (SSSR count). The molecule has 0 bridgehead atoms. The first-order chi connectivity index (χ1) is 27.8. The third-order valence-corrected chi connectivity index (χ3v) is 13.4. The number of allylic oxidation sites excluding steroid dienone is 4. The van der Waals surface area contributed by atoms with Gasteiger partial charge in [0.15, 0.2) is 0 Å². The number of para-hydroxylation sites is 3. The summed E-state index contributed by atoms with van der Waals surface area (Å²) < 4.78 is 14.2. The zero-order chi connectivity index (χ0) is 36.5. The Balaban J connectivity index is 0.946. The van der Waals surface area contributed by atoms with Gasteiger partial charge in [-0.25, -0.2) is 0 Å². The van der Waals surface area contributed by atoms with E-state index in [0.29, 0.717) is 0 Å². The molecule has 1 aliphatic rings. The van der Waals surface area contributed by atoms with E-state index in [1.165, 1.54) is 102 Å². The number of benzene rings is 8. The summed E-state index contributed by atoms with van der Waals surface area (Å²) in [5.41, 5.74) is 11.9. The molecule has 0 fully saturated rings. The number of nitrogens with zero attached hydrogens (tertiary/aromatic N) is 2. The first-order valence-corrected chi connectivity index (χ1v) is 20.2. The van der Waals surface area contributed by atoms with Gasteiger partial charge >= 0.3 is 0 Å². The van der Waals surface area contributed by atoms with E-state index < -0.39 is 0 Å². The molecule has 0 radical (unpaired) electrons. The van der Waals surface area contributed by atoms with Crippen LogP contribution in [0.4, 0.5) is 0 Å². The summed E-state index contributed by atoms with van der Waals surface area (Å²) in [7, 11) is 0. The van der Waals surface area contributed by atoms with Crippen molar-refractivity contribution in [2.45, 2.75) is 12.8 Å². The average Bonchev–Trinajstić information content (AvgIpc) is 4.02. The molecular formula is C52H32N2OS. The van der Waals surface area contributed by atoms with Gasteiger partial charge in [0.05, 0.1) is 27.5 Å². The van der Waals surface area contributed by atoms with Crippen LogP contribution in [0.5, 0.6) is 0 Å². The summed E-state index contributed by atoms with van der Waals surface area (Å²) in [6.45, 7) is 0. The minimum Gasteiger partial charge on any atom is -0.455 e. The van der Waals surface area contributed by atoms with Crippen molar-refractivity contribution in [2.75, 3.05) is 0 Å². The van der Waals surface area contributed by atoms with Crippen molar-refractivity contribution in [3.63, 3.8) is 0 Å². The smallest absolute Gasteiger partial charge is 0.145 e. The Labute approximate surface area is 325 Å². The number of rotatable bonds is 3. The Hall–Kier alpha value is -6.88. The van der Waals surface area contributed by atoms with E-state index in [9.17, 15) is 0 Å². The SMILES string of the molecule is C1=C(c2ccc(-n3c4ccccc4c4c5sc6ccccc6c5c5ccccc5c43)cc2)CCC(n2c3ccccc3c3c4oc5ccccc5c4ccc32)=C1. The zero-order valence-corrected chi connectivity index (χ0v) is 31.1. The zero-order valence-electron chi connectivity index (χ0n) is 30.3. The largest absolute Gasteiger partial charge is 0.455 e. The third-order valence-electron chi connectivity index (χ3n) is 12.2. The monoisotopic (exact) mass is 732 g/mol. The van der Waals surface area contributed by atoms with E-state index in [4.69, 9.17) is 4.42 Å². The van der Waals surface area contributed by atoms with Gasteiger partial charge in [-0.15, -0.1) is 11.3 Å². The van der Waals surface area contributed by atoms with Crippen molar-refractivity contribution >= 4 is 119 Å². The highest BCUT2D eigenvalue weighted by atomic mass is 32.1. The quantitative estimate of drug-likeness (QED) is 0.177. The average molecular weight is 733 g/mol. The van der Waals surface area contributed by atoms with Gasteiger partial charge in [-0.3, -0.25) is 0 Å². The van der Waals surface area contributed by atoms with Gasteiger partial charge in [0.1, 0.15) is 11.2 Å². The van der Waals surface area contributed by atoms with Crippen LogP contribution in [0, 0.1) is 0 Å². The van der Waals surface area contributed by atoms with Gasteiger partial charge in [-0.2, -0.15) is 0 Å². The molecule has 0 atom stereocenters. The number of thiophene rings is 1. The van der Waals surface area contributed by atoms with Crippen LogP contribution in [-0.2, 0) is 0 Å². The fourth-order valence-corrected chi connectivity index (χ4v) is 11.1. The van der Waals surface area contributed by atoms with Crippen LogP contribution in [0.3, 0.4) is 0 Å². The predicted octanol–water partition coefficient (Wildman–Crippen LogP) is 15.0. The van der Waals surface area contributed by atoms with E-state index in [-0.39, 0.29) is 0 Å². The van der Waals surface area contributed by atoms with E-state index in [0.717, 1.165) is 29.4 Å². The summed E-state index contributed by atoms with van der Waals surface area (Å²) >= 11 is 1.92. The Morgan fingerprint density at radius 1 is 0.446 bits per heavy atom. The van der Waals surface area contributed by atoms with Crippen LogP contribution in [-0.4, -0.2) is 9.13 Å². The Kier molecular flexibility index (Phi) is 6.16. The standard InChI is InChI=1S/C52H32N2OS/c1-2-13-37-36(12-1)47-41-16-6-10-20-46(41)56-52(47)49-40-15-4-8-18-43(40)54(50(37)49)34-27-23-32(24-28-34)31-21-25-33(26-22-31)53-42-17-7-3-14-39(42)48-44(53)30-29-38-35-11-5-9-19-45(35)55-51(38)48/h1-21,23-25,27-30H,22,26H2. The van der Waals surface area contributed by atoms with Gasteiger partial charge in [0.25, 0.3) is 0 Å². The summed E-state index contributed by atoms with van der Waals surface area (Å²) in [5.74, 6) is 0. The molecular weight excluding hydrogens is 701 g/mol. The van der Waals surface area contributed by atoms with E-state index in [1.54, 1.807) is 0 Å². The number of hydrogen-bond donors (Lipinski definition) is 0. The molecule has 262 valence electrons. The molecule has 3 nitrogen and oxygen atoms in total. The highest BCUT2D eigenvalue weighted by molar-refractivity contribution is 7.27. The van der Waals surface area contributed by atoms with Crippen LogP contribution >= 0.6 is 11.3 Å². The molecule has 1 aliphatic carbocycles. The van der Waals surface area contributed by atoms with E-state index in [1.807, 2.05) is 17.4 Å². The van der Waals surface area contributed by atoms with Gasteiger partial charge in [0, 0.05) is 63.9 Å². The van der Waals surface area contributed by atoms with Crippen LogP contribution in [0.1, 0.15) is 18.4 Å². The fourth-order valence-electron chi connectivity index (χ4n) is 9.81. The lowest BCUT2D eigenvalue weighted by molar-refractivity contribution is 0.673. The first-order valence-electron chi connectivity index (χ1n) is 19.4. The van der Waals surface area contributed by atoms with Crippen LogP contribution in [0.2, 0.25) is 0 Å². The number of furan rings is 1. The van der Waals surface area contributed by atoms with Crippen molar-refractivity contribution < 1.29 is 4.42 Å². The topological polar surface area (TPSA) is 23.0 Å². The minimum atomic E-state index is 0.933. The third kappa shape index (κ3) is 4.06. The molecule has 4 heterocycles. The molecule has 8 aromatic carbocycles. The summed E-state index contributed by atoms with van der Waals surface area (Å²) in [5, 5.41) is 12.7. The van der Waals surface area contributed by atoms with Crippen LogP contribution in [0.15, 0.2) is 174 Å². The first kappa shape index (κ1) is 30.4. The number of fused-ring (bicyclic) bond motifs is 17. The Morgan fingerprint density at radius 3 is 1.89 bits per heavy atom. The van der Waals surface area contributed by atoms with Gasteiger partial charge in [0.2, 0.25) is 0 Å². The second kappa shape index (κ2) is 11.3. The second-order valence-corrected chi connectivity index (χ2v) is 16.2. The molecule has 4 heteroatoms. The Bertz CT molecular complexity index is 3700. The van der Waals surface area contributed by atoms with Crippen molar-refractivity contribution in [3.8, 4) is 5.69 Å². The maximum Gasteiger partial charge on any atom is 0.145 e. The Morgan fingerprint density at radius 2 is 1.11 bits per heavy atom. The van der Waals surface area contributed by atoms with Crippen molar-refractivity contribution in [3.05, 3.63) is 175 Å². The highest BCUT2D eigenvalue weighted by Crippen LogP contribution is 2.48. The molecule has 0 amide bonds. The number of aromatic nitrogens is 2. The van der Waals surface area contributed by atoms with E-state index >= 15 is 0 Å². The molecule has 0 aliphatic heterocycles. The predicted molar refractivity (Wildman–Crippen MR) is 239 cm³/mol. The van der Waals surface area contributed by atoms with Gasteiger partial charge < -0.3 is 13.6 Å². The highest BCUT2D eigenvalue weighted by Gasteiger charge is 2.23. The van der Waals surface area contributed by atoms with Gasteiger partial charge in [-0.1, -0.05) is 115 Å². The van der Waals surface area contributed by atoms with Crippen molar-refractivity contribution in [1.29, 1.82) is 0 Å². The van der Waals surface area contributed by atoms with Crippen LogP contribution < -0.4 is 0 Å². The van der Waals surface area contributed by atoms with E-state index in [2.05, 4.69) is 173 Å². The minimum absolute atomic E-state index is 0.933. The molecule has 0 saturated carbocycles. The summed E-state index contributed by atoms with van der Waals surface area (Å²) in [6.07, 6.45) is 6.58. The normalized spacial score (nSPS) is 13.8. The van der Waals surface area contributed by atoms with Crippen molar-refractivity contribution in [2.24, 2.45) is 0 Å². The molecule has 0 spiro atoms. The lowest BCUT2D eigenvalue weighted by Crippen LogP contribution is -2.01. The molecule has 0 saturated heterocycles.